The third-order valence-corrected chi connectivity index (χ3v) is 4.78. The lowest BCUT2D eigenvalue weighted by Crippen LogP contribution is -2.36. The van der Waals surface area contributed by atoms with Gasteiger partial charge in [-0.25, -0.2) is 19.2 Å². The van der Waals surface area contributed by atoms with Crippen LogP contribution in [0.1, 0.15) is 17.8 Å². The van der Waals surface area contributed by atoms with Gasteiger partial charge in [0, 0.05) is 25.5 Å². The van der Waals surface area contributed by atoms with Gasteiger partial charge < -0.3 is 20.4 Å². The van der Waals surface area contributed by atoms with Crippen molar-refractivity contribution >= 4 is 22.8 Å². The van der Waals surface area contributed by atoms with E-state index >= 15 is 0 Å². The number of urea groups is 1. The first-order valence-electron chi connectivity index (χ1n) is 10.3. The van der Waals surface area contributed by atoms with E-state index in [1.54, 1.807) is 19.2 Å². The molecule has 0 aliphatic rings. The van der Waals surface area contributed by atoms with E-state index < -0.39 is 0 Å². The number of benzene rings is 2. The third kappa shape index (κ3) is 6.62. The molecular weight excluding hydrogens is 395 g/mol. The quantitative estimate of drug-likeness (QED) is 0.515. The number of nitrogens with one attached hydrogen (secondary N) is 2. The number of amides is 2. The number of rotatable bonds is 9. The van der Waals surface area contributed by atoms with Gasteiger partial charge in [0.15, 0.2) is 5.82 Å². The van der Waals surface area contributed by atoms with Gasteiger partial charge in [-0.3, -0.25) is 0 Å². The van der Waals surface area contributed by atoms with Crippen molar-refractivity contribution in [3.05, 3.63) is 65.7 Å². The maximum Gasteiger partial charge on any atom is 0.317 e. The number of hydrogen-bond acceptors (Lipinski definition) is 5. The van der Waals surface area contributed by atoms with Gasteiger partial charge in [-0.15, -0.1) is 0 Å². The Labute approximate surface area is 182 Å². The number of carbonyl (C=O) groups is 1. The van der Waals surface area contributed by atoms with Crippen LogP contribution in [-0.2, 0) is 13.1 Å². The van der Waals surface area contributed by atoms with Crippen molar-refractivity contribution in [2.75, 3.05) is 39.5 Å². The van der Waals surface area contributed by atoms with E-state index in [4.69, 9.17) is 0 Å². The standard InChI is InChI=1S/C23H29FN6O/c1-29(2)13-7-12-25-22-19-10-4-5-11-20(19)27-21(28-22)16-30(3)23(31)26-15-17-8-6-9-18(24)14-17/h4-6,8-11,14H,7,12-13,15-16H2,1-3H3,(H,26,31)(H,25,27,28). The van der Waals surface area contributed by atoms with Gasteiger partial charge in [0.1, 0.15) is 11.6 Å². The van der Waals surface area contributed by atoms with Gasteiger partial charge in [-0.05, 0) is 56.9 Å². The fraction of sp³-hybridized carbons (Fsp3) is 0.348. The summed E-state index contributed by atoms with van der Waals surface area (Å²) in [6.45, 7) is 2.28. The Bertz CT molecular complexity index is 1030. The molecule has 1 aromatic heterocycles. The molecule has 2 N–H and O–H groups in total. The fourth-order valence-corrected chi connectivity index (χ4v) is 3.18. The molecule has 0 saturated heterocycles. The van der Waals surface area contributed by atoms with Crippen molar-refractivity contribution in [1.82, 2.24) is 25.1 Å². The van der Waals surface area contributed by atoms with Crippen molar-refractivity contribution in [3.63, 3.8) is 0 Å². The summed E-state index contributed by atoms with van der Waals surface area (Å²) in [6, 6.07) is 13.7. The lowest BCUT2D eigenvalue weighted by molar-refractivity contribution is 0.205. The number of para-hydroxylation sites is 1. The molecule has 0 radical (unpaired) electrons. The number of hydrogen-bond donors (Lipinski definition) is 2. The van der Waals surface area contributed by atoms with E-state index in [2.05, 4.69) is 25.5 Å². The van der Waals surface area contributed by atoms with Crippen LogP contribution in [0.15, 0.2) is 48.5 Å². The van der Waals surface area contributed by atoms with Crippen LogP contribution in [0.5, 0.6) is 0 Å². The van der Waals surface area contributed by atoms with E-state index in [1.165, 1.54) is 17.0 Å². The molecule has 0 fully saturated rings. The largest absolute Gasteiger partial charge is 0.369 e. The summed E-state index contributed by atoms with van der Waals surface area (Å²) in [5, 5.41) is 7.15. The topological polar surface area (TPSA) is 73.4 Å². The highest BCUT2D eigenvalue weighted by molar-refractivity contribution is 5.89. The molecule has 0 unspecified atom stereocenters. The Balaban J connectivity index is 1.66. The second kappa shape index (κ2) is 10.7. The first-order valence-corrected chi connectivity index (χ1v) is 10.3. The minimum absolute atomic E-state index is 0.248. The van der Waals surface area contributed by atoms with E-state index in [1.807, 2.05) is 38.4 Å². The molecule has 0 spiro atoms. The van der Waals surface area contributed by atoms with Crippen LogP contribution in [0, 0.1) is 5.82 Å². The Morgan fingerprint density at radius 3 is 2.65 bits per heavy atom. The van der Waals surface area contributed by atoms with Gasteiger partial charge in [0.05, 0.1) is 12.1 Å². The summed E-state index contributed by atoms with van der Waals surface area (Å²) in [7, 11) is 5.78. The molecule has 0 bridgehead atoms. The Kier molecular flexibility index (Phi) is 7.72. The zero-order valence-corrected chi connectivity index (χ0v) is 18.2. The zero-order chi connectivity index (χ0) is 22.2. The van der Waals surface area contributed by atoms with E-state index in [0.717, 1.165) is 36.2 Å². The highest BCUT2D eigenvalue weighted by atomic mass is 19.1. The van der Waals surface area contributed by atoms with Crippen LogP contribution < -0.4 is 10.6 Å². The van der Waals surface area contributed by atoms with Crippen LogP contribution in [0.3, 0.4) is 0 Å². The molecule has 1 heterocycles. The number of fused-ring (bicyclic) bond motifs is 1. The number of halogens is 1. The summed E-state index contributed by atoms with van der Waals surface area (Å²) in [5.74, 6) is 1.00. The molecule has 3 aromatic rings. The van der Waals surface area contributed by atoms with E-state index in [9.17, 15) is 9.18 Å². The van der Waals surface area contributed by atoms with Gasteiger partial charge in [0.25, 0.3) is 0 Å². The van der Waals surface area contributed by atoms with Crippen molar-refractivity contribution in [2.45, 2.75) is 19.5 Å². The van der Waals surface area contributed by atoms with Gasteiger partial charge >= 0.3 is 6.03 Å². The molecule has 0 aliphatic carbocycles. The summed E-state index contributed by atoms with van der Waals surface area (Å²) in [6.07, 6.45) is 0.989. The predicted octanol–water partition coefficient (Wildman–Crippen LogP) is 3.47. The predicted molar refractivity (Wildman–Crippen MR) is 121 cm³/mol. The number of aromatic nitrogens is 2. The maximum absolute atomic E-state index is 13.3. The average molecular weight is 425 g/mol. The fourth-order valence-electron chi connectivity index (χ4n) is 3.18. The van der Waals surface area contributed by atoms with Crippen LogP contribution >= 0.6 is 0 Å². The van der Waals surface area contributed by atoms with Crippen LogP contribution in [0.2, 0.25) is 0 Å². The molecule has 164 valence electrons. The molecule has 0 atom stereocenters. The summed E-state index contributed by atoms with van der Waals surface area (Å²) >= 11 is 0. The molecule has 0 saturated carbocycles. The number of carbonyl (C=O) groups excluding carboxylic acids is 1. The number of nitrogens with zero attached hydrogens (tertiary/aromatic N) is 4. The number of anilines is 1. The van der Waals surface area contributed by atoms with Crippen molar-refractivity contribution in [1.29, 1.82) is 0 Å². The van der Waals surface area contributed by atoms with Gasteiger partial charge in [0.2, 0.25) is 0 Å². The van der Waals surface area contributed by atoms with Crippen molar-refractivity contribution in [3.8, 4) is 0 Å². The Morgan fingerprint density at radius 1 is 1.06 bits per heavy atom. The highest BCUT2D eigenvalue weighted by Gasteiger charge is 2.13. The lowest BCUT2D eigenvalue weighted by atomic mass is 10.2. The Morgan fingerprint density at radius 2 is 1.87 bits per heavy atom. The Hall–Kier alpha value is -3.26. The lowest BCUT2D eigenvalue weighted by Gasteiger charge is -2.18. The molecule has 3 rings (SSSR count). The molecular formula is C23H29FN6O. The summed E-state index contributed by atoms with van der Waals surface area (Å²) in [4.78, 5) is 25.4. The van der Waals surface area contributed by atoms with Gasteiger partial charge in [-0.2, -0.15) is 0 Å². The highest BCUT2D eigenvalue weighted by Crippen LogP contribution is 2.20. The second-order valence-electron chi connectivity index (χ2n) is 7.73. The first-order chi connectivity index (χ1) is 14.9. The SMILES string of the molecule is CN(C)CCCNc1nc(CN(C)C(=O)NCc2cccc(F)c2)nc2ccccc12. The van der Waals surface area contributed by atoms with Crippen LogP contribution in [0.4, 0.5) is 15.0 Å². The van der Waals surface area contributed by atoms with Gasteiger partial charge in [-0.1, -0.05) is 24.3 Å². The molecule has 0 aliphatic heterocycles. The minimum atomic E-state index is -0.324. The molecule has 2 amide bonds. The molecule has 2 aromatic carbocycles. The maximum atomic E-state index is 13.3. The average Bonchev–Trinajstić information content (AvgIpc) is 2.74. The van der Waals surface area contributed by atoms with E-state index in [-0.39, 0.29) is 24.9 Å². The van der Waals surface area contributed by atoms with Crippen LogP contribution in [-0.4, -0.2) is 60.0 Å². The van der Waals surface area contributed by atoms with E-state index in [0.29, 0.717) is 11.4 Å². The minimum Gasteiger partial charge on any atom is -0.369 e. The molecule has 7 nitrogen and oxygen atoms in total. The van der Waals surface area contributed by atoms with Crippen LogP contribution in [0.25, 0.3) is 10.9 Å². The molecule has 31 heavy (non-hydrogen) atoms. The van der Waals surface area contributed by atoms with Crippen molar-refractivity contribution < 1.29 is 9.18 Å². The molecule has 8 heteroatoms. The monoisotopic (exact) mass is 424 g/mol. The second-order valence-corrected chi connectivity index (χ2v) is 7.73. The smallest absolute Gasteiger partial charge is 0.317 e. The third-order valence-electron chi connectivity index (χ3n) is 4.78. The first kappa shape index (κ1) is 22.4. The zero-order valence-electron chi connectivity index (χ0n) is 18.2. The normalized spacial score (nSPS) is 11.0. The summed E-state index contributed by atoms with van der Waals surface area (Å²) in [5.41, 5.74) is 1.53. The summed E-state index contributed by atoms with van der Waals surface area (Å²) < 4.78 is 13.3. The van der Waals surface area contributed by atoms with Crippen molar-refractivity contribution in [2.24, 2.45) is 0 Å².